The van der Waals surface area contributed by atoms with Gasteiger partial charge in [-0.05, 0) is 69.7 Å². The molecule has 3 aromatic rings. The highest BCUT2D eigenvalue weighted by Crippen LogP contribution is 2.38. The minimum Gasteiger partial charge on any atom is -0.478 e. The van der Waals surface area contributed by atoms with E-state index in [0.717, 1.165) is 64.4 Å². The van der Waals surface area contributed by atoms with Gasteiger partial charge >= 0.3 is 5.97 Å². The minimum atomic E-state index is -0.822. The van der Waals surface area contributed by atoms with Crippen molar-refractivity contribution >= 4 is 29.2 Å². The van der Waals surface area contributed by atoms with Gasteiger partial charge in [0.25, 0.3) is 0 Å². The van der Waals surface area contributed by atoms with Gasteiger partial charge in [-0.25, -0.2) is 4.79 Å². The van der Waals surface area contributed by atoms with Gasteiger partial charge in [0.05, 0.1) is 11.3 Å². The SMILES string of the molecule is Cc1ccccc1N=Cc1cc(C)n(-c2sc3c(c2C(=O)O)CCCC3)c1C. The highest BCUT2D eigenvalue weighted by molar-refractivity contribution is 7.15. The number of fused-ring (bicyclic) bond motifs is 1. The van der Waals surface area contributed by atoms with Crippen molar-refractivity contribution in [3.05, 3.63) is 68.9 Å². The van der Waals surface area contributed by atoms with Crippen molar-refractivity contribution in [3.63, 3.8) is 0 Å². The predicted octanol–water partition coefficient (Wildman–Crippen LogP) is 5.79. The number of carbonyl (C=O) groups is 1. The fourth-order valence-electron chi connectivity index (χ4n) is 4.01. The molecule has 0 aliphatic heterocycles. The van der Waals surface area contributed by atoms with Crippen molar-refractivity contribution in [1.82, 2.24) is 4.57 Å². The molecule has 0 radical (unpaired) electrons. The Hall–Kier alpha value is -2.66. The minimum absolute atomic E-state index is 0.490. The maximum atomic E-state index is 12.1. The number of para-hydroxylation sites is 1. The fraction of sp³-hybridized carbons (Fsp3) is 0.304. The first-order valence-electron chi connectivity index (χ1n) is 9.64. The van der Waals surface area contributed by atoms with E-state index in [9.17, 15) is 9.90 Å². The zero-order valence-electron chi connectivity index (χ0n) is 16.5. The molecule has 28 heavy (non-hydrogen) atoms. The van der Waals surface area contributed by atoms with Crippen molar-refractivity contribution in [1.29, 1.82) is 0 Å². The van der Waals surface area contributed by atoms with Crippen LogP contribution in [-0.4, -0.2) is 21.9 Å². The van der Waals surface area contributed by atoms with Crippen LogP contribution in [0.25, 0.3) is 5.00 Å². The summed E-state index contributed by atoms with van der Waals surface area (Å²) in [6, 6.07) is 10.1. The summed E-state index contributed by atoms with van der Waals surface area (Å²) in [5.41, 5.74) is 6.69. The van der Waals surface area contributed by atoms with E-state index in [1.54, 1.807) is 11.3 Å². The third kappa shape index (κ3) is 3.20. The molecular weight excluding hydrogens is 368 g/mol. The number of thiophene rings is 1. The Morgan fingerprint density at radius 2 is 1.93 bits per heavy atom. The maximum Gasteiger partial charge on any atom is 0.339 e. The standard InChI is InChI=1S/C23H24N2O2S/c1-14-8-4-6-10-19(14)24-13-17-12-15(2)25(16(17)3)22-21(23(26)27)18-9-5-7-11-20(18)28-22/h4,6,8,10,12-13H,5,7,9,11H2,1-3H3,(H,26,27). The first kappa shape index (κ1) is 18.7. The molecule has 4 nitrogen and oxygen atoms in total. The lowest BCUT2D eigenvalue weighted by Gasteiger charge is -2.11. The Balaban J connectivity index is 1.80. The molecule has 0 amide bonds. The highest BCUT2D eigenvalue weighted by Gasteiger charge is 2.27. The first-order chi connectivity index (χ1) is 13.5. The monoisotopic (exact) mass is 392 g/mol. The van der Waals surface area contributed by atoms with Gasteiger partial charge < -0.3 is 9.67 Å². The summed E-state index contributed by atoms with van der Waals surface area (Å²) in [7, 11) is 0. The molecule has 0 fully saturated rings. The second-order valence-electron chi connectivity index (χ2n) is 7.40. The van der Waals surface area contributed by atoms with E-state index in [-0.39, 0.29) is 0 Å². The molecule has 5 heteroatoms. The second-order valence-corrected chi connectivity index (χ2v) is 8.49. The number of hydrogen-bond donors (Lipinski definition) is 1. The van der Waals surface area contributed by atoms with Gasteiger partial charge in [0.15, 0.2) is 0 Å². The van der Waals surface area contributed by atoms with Crippen molar-refractivity contribution in [2.75, 3.05) is 0 Å². The van der Waals surface area contributed by atoms with Gasteiger partial charge in [0.1, 0.15) is 5.00 Å². The van der Waals surface area contributed by atoms with Crippen molar-refractivity contribution in [2.24, 2.45) is 4.99 Å². The second kappa shape index (κ2) is 7.40. The van der Waals surface area contributed by atoms with Gasteiger partial charge in [-0.15, -0.1) is 11.3 Å². The molecule has 2 aromatic heterocycles. The molecule has 0 unspecified atom stereocenters. The largest absolute Gasteiger partial charge is 0.478 e. The summed E-state index contributed by atoms with van der Waals surface area (Å²) in [4.78, 5) is 18.0. The van der Waals surface area contributed by atoms with Crippen LogP contribution in [-0.2, 0) is 12.8 Å². The first-order valence-corrected chi connectivity index (χ1v) is 10.5. The lowest BCUT2D eigenvalue weighted by molar-refractivity contribution is 0.0696. The maximum absolute atomic E-state index is 12.1. The van der Waals surface area contributed by atoms with E-state index in [1.807, 2.05) is 51.3 Å². The summed E-state index contributed by atoms with van der Waals surface area (Å²) in [6.07, 6.45) is 5.95. The number of carboxylic acid groups (broad SMARTS) is 1. The summed E-state index contributed by atoms with van der Waals surface area (Å²) in [5, 5.41) is 10.7. The Morgan fingerprint density at radius 3 is 2.68 bits per heavy atom. The summed E-state index contributed by atoms with van der Waals surface area (Å²) >= 11 is 1.64. The van der Waals surface area contributed by atoms with E-state index >= 15 is 0 Å². The van der Waals surface area contributed by atoms with E-state index in [4.69, 9.17) is 0 Å². The van der Waals surface area contributed by atoms with Crippen LogP contribution in [0.1, 0.15) is 56.2 Å². The zero-order valence-corrected chi connectivity index (χ0v) is 17.3. The van der Waals surface area contributed by atoms with Crippen molar-refractivity contribution < 1.29 is 9.90 Å². The third-order valence-corrected chi connectivity index (χ3v) is 6.78. The molecule has 0 atom stereocenters. The molecule has 1 aliphatic rings. The average Bonchev–Trinajstić information content (AvgIpc) is 3.17. The van der Waals surface area contributed by atoms with Crippen LogP contribution in [0.3, 0.4) is 0 Å². The molecule has 0 saturated carbocycles. The number of aliphatic imine (C=N–C) groups is 1. The lowest BCUT2D eigenvalue weighted by atomic mass is 9.95. The molecular formula is C23H24N2O2S. The van der Waals surface area contributed by atoms with Crippen LogP contribution in [0.2, 0.25) is 0 Å². The molecule has 4 rings (SSSR count). The van der Waals surface area contributed by atoms with Gasteiger partial charge in [-0.3, -0.25) is 4.99 Å². The number of benzene rings is 1. The normalized spacial score (nSPS) is 13.8. The number of hydrogen-bond acceptors (Lipinski definition) is 3. The van der Waals surface area contributed by atoms with Gasteiger partial charge in [-0.1, -0.05) is 18.2 Å². The van der Waals surface area contributed by atoms with E-state index in [2.05, 4.69) is 15.6 Å². The Morgan fingerprint density at radius 1 is 1.18 bits per heavy atom. The van der Waals surface area contributed by atoms with Crippen molar-refractivity contribution in [2.45, 2.75) is 46.5 Å². The number of carboxylic acids is 1. The van der Waals surface area contributed by atoms with E-state index < -0.39 is 5.97 Å². The average molecular weight is 393 g/mol. The van der Waals surface area contributed by atoms with E-state index in [1.165, 1.54) is 4.88 Å². The Bertz CT molecular complexity index is 1090. The number of nitrogens with zero attached hydrogens (tertiary/aromatic N) is 2. The third-order valence-electron chi connectivity index (χ3n) is 5.50. The van der Waals surface area contributed by atoms with Crippen LogP contribution < -0.4 is 0 Å². The van der Waals surface area contributed by atoms with Crippen LogP contribution in [0.15, 0.2) is 35.3 Å². The summed E-state index contributed by atoms with van der Waals surface area (Å²) < 4.78 is 2.09. The van der Waals surface area contributed by atoms with Gasteiger partial charge in [0.2, 0.25) is 0 Å². The fourth-order valence-corrected chi connectivity index (χ4v) is 5.50. The molecule has 0 spiro atoms. The highest BCUT2D eigenvalue weighted by atomic mass is 32.1. The van der Waals surface area contributed by atoms with Crippen LogP contribution in [0.4, 0.5) is 5.69 Å². The molecule has 0 saturated heterocycles. The molecule has 144 valence electrons. The quantitative estimate of drug-likeness (QED) is 0.571. The van der Waals surface area contributed by atoms with Gasteiger partial charge in [0, 0.05) is 28.0 Å². The smallest absolute Gasteiger partial charge is 0.339 e. The Labute approximate surface area is 169 Å². The van der Waals surface area contributed by atoms with E-state index in [0.29, 0.717) is 5.56 Å². The van der Waals surface area contributed by atoms with Crippen LogP contribution in [0, 0.1) is 20.8 Å². The van der Waals surface area contributed by atoms with Crippen LogP contribution in [0.5, 0.6) is 0 Å². The predicted molar refractivity (Wildman–Crippen MR) is 115 cm³/mol. The number of aryl methyl sites for hydroxylation is 3. The number of aromatic nitrogens is 1. The molecule has 1 aliphatic carbocycles. The molecule has 1 aromatic carbocycles. The number of aromatic carboxylic acids is 1. The Kier molecular flexibility index (Phi) is 4.94. The number of rotatable bonds is 4. The lowest BCUT2D eigenvalue weighted by Crippen LogP contribution is -2.09. The molecule has 2 heterocycles. The molecule has 1 N–H and O–H groups in total. The molecule has 0 bridgehead atoms. The van der Waals surface area contributed by atoms with Crippen LogP contribution >= 0.6 is 11.3 Å². The van der Waals surface area contributed by atoms with Crippen molar-refractivity contribution in [3.8, 4) is 5.00 Å². The topological polar surface area (TPSA) is 54.6 Å². The van der Waals surface area contributed by atoms with Gasteiger partial charge in [-0.2, -0.15) is 0 Å². The zero-order chi connectivity index (χ0) is 19.8. The summed E-state index contributed by atoms with van der Waals surface area (Å²) in [6.45, 7) is 6.12. The summed E-state index contributed by atoms with van der Waals surface area (Å²) in [5.74, 6) is -0.822.